The summed E-state index contributed by atoms with van der Waals surface area (Å²) in [6.45, 7) is 7.05. The Bertz CT molecular complexity index is 1060. The fraction of sp³-hybridized carbons (Fsp3) is 0.519. The second-order valence-electron chi connectivity index (χ2n) is 10.0. The van der Waals surface area contributed by atoms with Crippen LogP contribution in [-0.4, -0.2) is 65.9 Å². The minimum Gasteiger partial charge on any atom is -0.345 e. The van der Waals surface area contributed by atoms with Crippen molar-refractivity contribution in [1.29, 1.82) is 0 Å². The summed E-state index contributed by atoms with van der Waals surface area (Å²) in [7, 11) is 0. The first-order chi connectivity index (χ1) is 17.0. The van der Waals surface area contributed by atoms with Gasteiger partial charge in [-0.1, -0.05) is 18.2 Å². The molecule has 0 radical (unpaired) electrons. The number of benzene rings is 2. The normalized spacial score (nSPS) is 23.1. The average molecular weight is 510 g/mol. The molecule has 0 bridgehead atoms. The molecular weight excluding hydrogens is 477 g/mol. The van der Waals surface area contributed by atoms with Crippen LogP contribution in [0.25, 0.3) is 11.1 Å². The van der Waals surface area contributed by atoms with Gasteiger partial charge in [-0.05, 0) is 49.9 Å². The fourth-order valence-electron chi connectivity index (χ4n) is 5.38. The van der Waals surface area contributed by atoms with E-state index in [1.165, 1.54) is 18.2 Å². The van der Waals surface area contributed by atoms with Gasteiger partial charge in [0.05, 0.1) is 6.42 Å². The van der Waals surface area contributed by atoms with Crippen LogP contribution in [0.5, 0.6) is 0 Å². The molecule has 0 aromatic heterocycles. The standard InChI is InChI=1S/C27H32F5N3O/c1-17(2)34-9-11-35(12-10-34)23-7-4-8-27(31,32)26(23)33-24(36)15-18-5-3-6-22(25(18)30)19-13-20(28)16-21(29)14-19/h3,5-6,13-14,16-17,23,26H,4,7-12,15H2,1-2H3,(H,33,36)/t23-,26+/m0/s1. The Morgan fingerprint density at radius 1 is 1.06 bits per heavy atom. The molecule has 196 valence electrons. The highest BCUT2D eigenvalue weighted by atomic mass is 19.3. The van der Waals surface area contributed by atoms with Crippen molar-refractivity contribution in [3.63, 3.8) is 0 Å². The summed E-state index contributed by atoms with van der Waals surface area (Å²) < 4.78 is 72.5. The number of piperazine rings is 1. The molecule has 0 spiro atoms. The molecule has 1 aliphatic heterocycles. The number of amides is 1. The van der Waals surface area contributed by atoms with Crippen molar-refractivity contribution in [3.8, 4) is 11.1 Å². The molecule has 36 heavy (non-hydrogen) atoms. The zero-order chi connectivity index (χ0) is 26.0. The molecule has 4 nitrogen and oxygen atoms in total. The minimum atomic E-state index is -3.08. The minimum absolute atomic E-state index is 0.00771. The maximum absolute atomic E-state index is 15.2. The van der Waals surface area contributed by atoms with E-state index in [4.69, 9.17) is 0 Å². The molecule has 2 fully saturated rings. The second kappa shape index (κ2) is 10.8. The molecule has 1 N–H and O–H groups in total. The first-order valence-corrected chi connectivity index (χ1v) is 12.4. The van der Waals surface area contributed by atoms with Gasteiger partial charge in [0, 0.05) is 56.3 Å². The van der Waals surface area contributed by atoms with Crippen LogP contribution in [0.4, 0.5) is 22.0 Å². The van der Waals surface area contributed by atoms with E-state index in [0.29, 0.717) is 38.0 Å². The van der Waals surface area contributed by atoms with Crippen LogP contribution in [0.15, 0.2) is 36.4 Å². The first-order valence-electron chi connectivity index (χ1n) is 12.4. The van der Waals surface area contributed by atoms with Gasteiger partial charge in [-0.25, -0.2) is 22.0 Å². The van der Waals surface area contributed by atoms with Crippen LogP contribution >= 0.6 is 0 Å². The number of alkyl halides is 2. The molecule has 2 aromatic rings. The molecule has 2 aromatic carbocycles. The van der Waals surface area contributed by atoms with Crippen molar-refractivity contribution in [3.05, 3.63) is 59.4 Å². The maximum Gasteiger partial charge on any atom is 0.269 e. The number of hydrogen-bond acceptors (Lipinski definition) is 3. The Hall–Kier alpha value is -2.52. The Morgan fingerprint density at radius 3 is 2.36 bits per heavy atom. The molecule has 1 saturated carbocycles. The van der Waals surface area contributed by atoms with Gasteiger partial charge in [-0.2, -0.15) is 0 Å². The van der Waals surface area contributed by atoms with Gasteiger partial charge in [0.2, 0.25) is 5.91 Å². The molecular formula is C27H32F5N3O. The van der Waals surface area contributed by atoms with E-state index in [-0.39, 0.29) is 23.1 Å². The van der Waals surface area contributed by atoms with Crippen molar-refractivity contribution in [2.45, 2.75) is 63.6 Å². The summed E-state index contributed by atoms with van der Waals surface area (Å²) >= 11 is 0. The van der Waals surface area contributed by atoms with E-state index in [0.717, 1.165) is 25.2 Å². The summed E-state index contributed by atoms with van der Waals surface area (Å²) in [5, 5.41) is 2.51. The van der Waals surface area contributed by atoms with E-state index in [2.05, 4.69) is 24.1 Å². The molecule has 0 unspecified atom stereocenters. The van der Waals surface area contributed by atoms with E-state index in [9.17, 15) is 13.6 Å². The number of nitrogens with zero attached hydrogens (tertiary/aromatic N) is 2. The number of rotatable bonds is 6. The zero-order valence-corrected chi connectivity index (χ0v) is 20.5. The third kappa shape index (κ3) is 5.89. The third-order valence-electron chi connectivity index (χ3n) is 7.32. The molecule has 1 heterocycles. The second-order valence-corrected chi connectivity index (χ2v) is 10.0. The van der Waals surface area contributed by atoms with Crippen LogP contribution < -0.4 is 5.32 Å². The van der Waals surface area contributed by atoms with Crippen molar-refractivity contribution >= 4 is 5.91 Å². The van der Waals surface area contributed by atoms with Crippen LogP contribution in [0.3, 0.4) is 0 Å². The lowest BCUT2D eigenvalue weighted by atomic mass is 9.85. The largest absolute Gasteiger partial charge is 0.345 e. The van der Waals surface area contributed by atoms with Crippen molar-refractivity contribution in [1.82, 2.24) is 15.1 Å². The highest BCUT2D eigenvalue weighted by molar-refractivity contribution is 5.80. The lowest BCUT2D eigenvalue weighted by Crippen LogP contribution is -2.64. The van der Waals surface area contributed by atoms with Gasteiger partial charge in [-0.15, -0.1) is 0 Å². The molecule has 1 aliphatic carbocycles. The lowest BCUT2D eigenvalue weighted by Gasteiger charge is -2.47. The summed E-state index contributed by atoms with van der Waals surface area (Å²) in [6, 6.07) is 5.38. The van der Waals surface area contributed by atoms with Crippen LogP contribution in [0.2, 0.25) is 0 Å². The fourth-order valence-corrected chi connectivity index (χ4v) is 5.38. The van der Waals surface area contributed by atoms with Gasteiger partial charge < -0.3 is 5.32 Å². The number of nitrogens with one attached hydrogen (secondary N) is 1. The van der Waals surface area contributed by atoms with Crippen molar-refractivity contribution < 1.29 is 26.7 Å². The summed E-state index contributed by atoms with van der Waals surface area (Å²) in [4.78, 5) is 17.2. The quantitative estimate of drug-likeness (QED) is 0.556. The zero-order valence-electron chi connectivity index (χ0n) is 20.5. The average Bonchev–Trinajstić information content (AvgIpc) is 2.81. The van der Waals surface area contributed by atoms with Gasteiger partial charge >= 0.3 is 0 Å². The van der Waals surface area contributed by atoms with Gasteiger partial charge in [-0.3, -0.25) is 14.6 Å². The number of halogens is 5. The van der Waals surface area contributed by atoms with Crippen LogP contribution in [0.1, 0.15) is 38.7 Å². The molecule has 1 saturated heterocycles. The molecule has 4 rings (SSSR count). The predicted molar refractivity (Wildman–Crippen MR) is 128 cm³/mol. The van der Waals surface area contributed by atoms with E-state index < -0.39 is 47.8 Å². The van der Waals surface area contributed by atoms with Crippen molar-refractivity contribution in [2.24, 2.45) is 0 Å². The van der Waals surface area contributed by atoms with Crippen LogP contribution in [-0.2, 0) is 11.2 Å². The number of carbonyl (C=O) groups is 1. The number of carbonyl (C=O) groups excluding carboxylic acids is 1. The smallest absolute Gasteiger partial charge is 0.269 e. The lowest BCUT2D eigenvalue weighted by molar-refractivity contribution is -0.133. The van der Waals surface area contributed by atoms with Crippen molar-refractivity contribution in [2.75, 3.05) is 26.2 Å². The first kappa shape index (κ1) is 26.5. The third-order valence-corrected chi connectivity index (χ3v) is 7.32. The van der Waals surface area contributed by atoms with Crippen LogP contribution in [0, 0.1) is 17.5 Å². The molecule has 2 aliphatic rings. The topological polar surface area (TPSA) is 35.6 Å². The summed E-state index contributed by atoms with van der Waals surface area (Å²) in [5.74, 6) is -6.31. The molecule has 9 heteroatoms. The Morgan fingerprint density at radius 2 is 1.72 bits per heavy atom. The van der Waals surface area contributed by atoms with Gasteiger partial charge in [0.25, 0.3) is 5.92 Å². The van der Waals surface area contributed by atoms with E-state index in [1.54, 1.807) is 0 Å². The highest BCUT2D eigenvalue weighted by Gasteiger charge is 2.49. The highest BCUT2D eigenvalue weighted by Crippen LogP contribution is 2.36. The monoisotopic (exact) mass is 509 g/mol. The number of hydrogen-bond donors (Lipinski definition) is 1. The predicted octanol–water partition coefficient (Wildman–Crippen LogP) is 5.01. The Labute approximate surface area is 208 Å². The van der Waals surface area contributed by atoms with Gasteiger partial charge in [0.1, 0.15) is 23.5 Å². The summed E-state index contributed by atoms with van der Waals surface area (Å²) in [5.41, 5.74) is -0.106. The van der Waals surface area contributed by atoms with E-state index in [1.807, 2.05) is 4.90 Å². The molecule has 1 amide bonds. The Kier molecular flexibility index (Phi) is 7.99. The molecule has 2 atom stereocenters. The SMILES string of the molecule is CC(C)N1CCN([C@H]2CCCC(F)(F)[C@@H]2NC(=O)Cc2cccc(-c3cc(F)cc(F)c3)c2F)CC1. The maximum atomic E-state index is 15.2. The Balaban J connectivity index is 1.49. The summed E-state index contributed by atoms with van der Waals surface area (Å²) in [6.07, 6.45) is 0.153. The van der Waals surface area contributed by atoms with E-state index >= 15 is 13.2 Å². The van der Waals surface area contributed by atoms with Gasteiger partial charge in [0.15, 0.2) is 0 Å².